The van der Waals surface area contributed by atoms with E-state index in [-0.39, 0.29) is 6.61 Å². The highest BCUT2D eigenvalue weighted by Gasteiger charge is 2.28. The molecule has 4 rings (SSSR count). The number of nitrogens with zero attached hydrogens (tertiary/aromatic N) is 2. The van der Waals surface area contributed by atoms with Crippen LogP contribution in [0.25, 0.3) is 0 Å². The van der Waals surface area contributed by atoms with E-state index in [0.717, 1.165) is 42.1 Å². The maximum absolute atomic E-state index is 9.41. The Morgan fingerprint density at radius 3 is 2.56 bits per heavy atom. The van der Waals surface area contributed by atoms with E-state index >= 15 is 0 Å². The Labute approximate surface area is 159 Å². The second-order valence-electron chi connectivity index (χ2n) is 6.92. The van der Waals surface area contributed by atoms with Crippen LogP contribution >= 0.6 is 0 Å². The number of aliphatic hydroxyl groups excluding tert-OH is 1. The third kappa shape index (κ3) is 4.26. The van der Waals surface area contributed by atoms with Gasteiger partial charge < -0.3 is 15.2 Å². The number of rotatable bonds is 6. The number of aliphatic hydroxyl groups is 1. The molecule has 0 bridgehead atoms. The van der Waals surface area contributed by atoms with E-state index in [1.807, 2.05) is 48.5 Å². The number of benzene rings is 1. The van der Waals surface area contributed by atoms with E-state index in [4.69, 9.17) is 4.74 Å². The van der Waals surface area contributed by atoms with E-state index in [2.05, 4.69) is 21.4 Å². The molecule has 1 aliphatic carbocycles. The quantitative estimate of drug-likeness (QED) is 0.654. The number of aromatic nitrogens is 2. The molecule has 1 aromatic carbocycles. The van der Waals surface area contributed by atoms with Gasteiger partial charge in [-0.3, -0.25) is 0 Å². The predicted octanol–water partition coefficient (Wildman–Crippen LogP) is 4.89. The van der Waals surface area contributed by atoms with Gasteiger partial charge in [0.05, 0.1) is 0 Å². The van der Waals surface area contributed by atoms with Gasteiger partial charge in [0.15, 0.2) is 0 Å². The number of hydrogen-bond donors (Lipinski definition) is 2. The molecule has 2 aromatic heterocycles. The van der Waals surface area contributed by atoms with E-state index in [0.29, 0.717) is 17.7 Å². The molecular weight excluding hydrogens is 338 g/mol. The van der Waals surface area contributed by atoms with Crippen LogP contribution in [0.1, 0.15) is 30.7 Å². The van der Waals surface area contributed by atoms with Crippen LogP contribution in [0, 0.1) is 5.92 Å². The summed E-state index contributed by atoms with van der Waals surface area (Å²) in [6.45, 7) is 0.262. The molecule has 0 saturated heterocycles. The van der Waals surface area contributed by atoms with Crippen molar-refractivity contribution in [3.8, 4) is 11.6 Å². The second-order valence-corrected chi connectivity index (χ2v) is 6.92. The summed E-state index contributed by atoms with van der Waals surface area (Å²) in [6, 6.07) is 17.6. The number of anilines is 2. The van der Waals surface area contributed by atoms with Gasteiger partial charge in [0.1, 0.15) is 11.6 Å². The highest BCUT2D eigenvalue weighted by molar-refractivity contribution is 5.57. The van der Waals surface area contributed by atoms with Crippen molar-refractivity contribution in [2.24, 2.45) is 5.92 Å². The van der Waals surface area contributed by atoms with Crippen LogP contribution in [0.4, 0.5) is 11.5 Å². The molecule has 1 saturated carbocycles. The highest BCUT2D eigenvalue weighted by Crippen LogP contribution is 2.41. The minimum atomic E-state index is 0.262. The molecule has 0 unspecified atom stereocenters. The molecule has 1 aliphatic rings. The lowest BCUT2D eigenvalue weighted by Crippen LogP contribution is -2.02. The standard InChI is InChI=1S/C22H23N3O2/c26-15-16-6-7-17(14-16)20-4-3-13-24-22(20)27-19-10-8-18(9-11-19)25-21-5-1-2-12-23-21/h1-5,8-13,16-17,26H,6-7,14-15H2,(H,23,25)/t16-,17-/m1/s1. The molecule has 0 aliphatic heterocycles. The zero-order valence-corrected chi connectivity index (χ0v) is 15.1. The topological polar surface area (TPSA) is 67.3 Å². The summed E-state index contributed by atoms with van der Waals surface area (Å²) in [5, 5.41) is 12.7. The largest absolute Gasteiger partial charge is 0.439 e. The monoisotopic (exact) mass is 361 g/mol. The predicted molar refractivity (Wildman–Crippen MR) is 105 cm³/mol. The maximum atomic E-state index is 9.41. The first kappa shape index (κ1) is 17.5. The Hall–Kier alpha value is -2.92. The average Bonchev–Trinajstić information content (AvgIpc) is 3.20. The van der Waals surface area contributed by atoms with Gasteiger partial charge in [0.2, 0.25) is 5.88 Å². The molecule has 2 N–H and O–H groups in total. The van der Waals surface area contributed by atoms with Gasteiger partial charge in [-0.15, -0.1) is 0 Å². The van der Waals surface area contributed by atoms with Crippen LogP contribution in [-0.4, -0.2) is 21.7 Å². The van der Waals surface area contributed by atoms with Crippen molar-refractivity contribution in [3.05, 3.63) is 72.6 Å². The maximum Gasteiger partial charge on any atom is 0.222 e. The summed E-state index contributed by atoms with van der Waals surface area (Å²) < 4.78 is 6.08. The van der Waals surface area contributed by atoms with Gasteiger partial charge in [-0.05, 0) is 73.6 Å². The van der Waals surface area contributed by atoms with Crippen molar-refractivity contribution in [1.82, 2.24) is 9.97 Å². The number of ether oxygens (including phenoxy) is 1. The second kappa shape index (κ2) is 8.18. The van der Waals surface area contributed by atoms with Gasteiger partial charge in [-0.2, -0.15) is 0 Å². The SMILES string of the molecule is OC[C@@H]1CC[C@@H](c2cccnc2Oc2ccc(Nc3ccccn3)cc2)C1. The zero-order valence-electron chi connectivity index (χ0n) is 15.1. The van der Waals surface area contributed by atoms with E-state index < -0.39 is 0 Å². The summed E-state index contributed by atoms with van der Waals surface area (Å²) >= 11 is 0. The lowest BCUT2D eigenvalue weighted by molar-refractivity contribution is 0.228. The number of hydrogen-bond acceptors (Lipinski definition) is 5. The average molecular weight is 361 g/mol. The molecule has 138 valence electrons. The minimum Gasteiger partial charge on any atom is -0.439 e. The van der Waals surface area contributed by atoms with Gasteiger partial charge in [-0.1, -0.05) is 12.1 Å². The van der Waals surface area contributed by atoms with Gasteiger partial charge in [-0.25, -0.2) is 9.97 Å². The van der Waals surface area contributed by atoms with Crippen LogP contribution in [0.3, 0.4) is 0 Å². The summed E-state index contributed by atoms with van der Waals surface area (Å²) in [6.07, 6.45) is 6.64. The number of pyridine rings is 2. The lowest BCUT2D eigenvalue weighted by Gasteiger charge is -2.15. The lowest BCUT2D eigenvalue weighted by atomic mass is 9.97. The van der Waals surface area contributed by atoms with Crippen LogP contribution in [0.15, 0.2) is 67.0 Å². The Balaban J connectivity index is 1.46. The van der Waals surface area contributed by atoms with Crippen molar-refractivity contribution in [1.29, 1.82) is 0 Å². The van der Waals surface area contributed by atoms with E-state index in [1.54, 1.807) is 12.4 Å². The van der Waals surface area contributed by atoms with Crippen LogP contribution in [-0.2, 0) is 0 Å². The first-order chi connectivity index (χ1) is 13.3. The van der Waals surface area contributed by atoms with Crippen molar-refractivity contribution in [3.63, 3.8) is 0 Å². The molecule has 2 heterocycles. The van der Waals surface area contributed by atoms with E-state index in [9.17, 15) is 5.11 Å². The molecular formula is C22H23N3O2. The van der Waals surface area contributed by atoms with Crippen LogP contribution < -0.4 is 10.1 Å². The van der Waals surface area contributed by atoms with Crippen molar-refractivity contribution >= 4 is 11.5 Å². The van der Waals surface area contributed by atoms with Gasteiger partial charge in [0.25, 0.3) is 0 Å². The van der Waals surface area contributed by atoms with Crippen molar-refractivity contribution in [2.75, 3.05) is 11.9 Å². The normalized spacial score (nSPS) is 19.0. The minimum absolute atomic E-state index is 0.262. The summed E-state index contributed by atoms with van der Waals surface area (Å²) in [7, 11) is 0. The summed E-state index contributed by atoms with van der Waals surface area (Å²) in [4.78, 5) is 8.71. The molecule has 2 atom stereocenters. The fourth-order valence-corrected chi connectivity index (χ4v) is 3.63. The van der Waals surface area contributed by atoms with Crippen molar-refractivity contribution in [2.45, 2.75) is 25.2 Å². The molecule has 0 radical (unpaired) electrons. The smallest absolute Gasteiger partial charge is 0.222 e. The summed E-state index contributed by atoms with van der Waals surface area (Å²) in [5.74, 6) is 3.00. The number of nitrogens with one attached hydrogen (secondary N) is 1. The Bertz CT molecular complexity index is 868. The Kier molecular flexibility index (Phi) is 5.30. The Morgan fingerprint density at radius 2 is 1.81 bits per heavy atom. The van der Waals surface area contributed by atoms with E-state index in [1.165, 1.54) is 0 Å². The first-order valence-corrected chi connectivity index (χ1v) is 9.33. The molecule has 1 fully saturated rings. The third-order valence-electron chi connectivity index (χ3n) is 5.05. The fraction of sp³-hybridized carbons (Fsp3) is 0.273. The molecule has 3 aromatic rings. The van der Waals surface area contributed by atoms with Gasteiger partial charge >= 0.3 is 0 Å². The zero-order chi connectivity index (χ0) is 18.5. The Morgan fingerprint density at radius 1 is 0.963 bits per heavy atom. The van der Waals surface area contributed by atoms with Crippen LogP contribution in [0.5, 0.6) is 11.6 Å². The van der Waals surface area contributed by atoms with Gasteiger partial charge in [0, 0.05) is 30.3 Å². The molecule has 0 amide bonds. The first-order valence-electron chi connectivity index (χ1n) is 9.33. The third-order valence-corrected chi connectivity index (χ3v) is 5.05. The molecule has 5 nitrogen and oxygen atoms in total. The highest BCUT2D eigenvalue weighted by atomic mass is 16.5. The summed E-state index contributed by atoms with van der Waals surface area (Å²) in [5.41, 5.74) is 2.08. The fourth-order valence-electron chi connectivity index (χ4n) is 3.63. The van der Waals surface area contributed by atoms with Crippen LogP contribution in [0.2, 0.25) is 0 Å². The molecule has 0 spiro atoms. The van der Waals surface area contributed by atoms with Crippen molar-refractivity contribution < 1.29 is 9.84 Å². The molecule has 5 heteroatoms. The molecule has 27 heavy (non-hydrogen) atoms.